The van der Waals surface area contributed by atoms with Crippen LogP contribution in [-0.4, -0.2) is 44.7 Å². The number of anilines is 1. The molecule has 1 fully saturated rings. The highest BCUT2D eigenvalue weighted by Gasteiger charge is 2.32. The van der Waals surface area contributed by atoms with Gasteiger partial charge in [0.25, 0.3) is 11.5 Å². The third kappa shape index (κ3) is 6.22. The standard InChI is InChI=1S/C28H32N4O3S2/c1-4-5-6-7-15-29-24-22(26(33)31-16-8-9-19(2)25(31)30-24)18-23-27(34)32(28(36)37-23)17-14-20-10-12-21(35-3)13-11-20/h8-13,16,18,29H,4-7,14-15,17H2,1-3H3/b23-18+. The summed E-state index contributed by atoms with van der Waals surface area (Å²) in [7, 11) is 1.63. The van der Waals surface area contributed by atoms with Gasteiger partial charge in [0.15, 0.2) is 0 Å². The molecule has 0 atom stereocenters. The Hall–Kier alpha value is -3.17. The minimum Gasteiger partial charge on any atom is -0.497 e. The lowest BCUT2D eigenvalue weighted by Gasteiger charge is -2.14. The topological polar surface area (TPSA) is 75.9 Å². The number of rotatable bonds is 11. The number of aromatic nitrogens is 2. The largest absolute Gasteiger partial charge is 0.497 e. The van der Waals surface area contributed by atoms with E-state index in [1.54, 1.807) is 24.3 Å². The molecule has 3 heterocycles. The second-order valence-corrected chi connectivity index (χ2v) is 10.7. The van der Waals surface area contributed by atoms with E-state index in [2.05, 4.69) is 12.2 Å². The fourth-order valence-electron chi connectivity index (χ4n) is 4.19. The Balaban J connectivity index is 1.59. The van der Waals surface area contributed by atoms with Crippen molar-refractivity contribution < 1.29 is 9.53 Å². The van der Waals surface area contributed by atoms with Gasteiger partial charge >= 0.3 is 0 Å². The molecule has 1 aromatic carbocycles. The summed E-state index contributed by atoms with van der Waals surface area (Å²) in [5.41, 5.74) is 2.75. The van der Waals surface area contributed by atoms with Crippen LogP contribution in [-0.2, 0) is 11.2 Å². The van der Waals surface area contributed by atoms with Crippen LogP contribution < -0.4 is 15.6 Å². The van der Waals surface area contributed by atoms with E-state index in [1.165, 1.54) is 22.6 Å². The first kappa shape index (κ1) is 26.9. The lowest BCUT2D eigenvalue weighted by molar-refractivity contribution is -0.122. The van der Waals surface area contributed by atoms with Crippen molar-refractivity contribution in [3.05, 3.63) is 74.5 Å². The number of carbonyl (C=O) groups excluding carboxylic acids is 1. The number of nitrogens with zero attached hydrogens (tertiary/aromatic N) is 3. The van der Waals surface area contributed by atoms with E-state index in [1.807, 2.05) is 43.3 Å². The molecule has 0 unspecified atom stereocenters. The molecule has 0 spiro atoms. The lowest BCUT2D eigenvalue weighted by Crippen LogP contribution is -2.30. The first-order valence-electron chi connectivity index (χ1n) is 12.6. The van der Waals surface area contributed by atoms with Gasteiger partial charge in [0.05, 0.1) is 17.6 Å². The van der Waals surface area contributed by atoms with Crippen molar-refractivity contribution in [2.45, 2.75) is 46.0 Å². The minimum atomic E-state index is -0.215. The third-order valence-corrected chi connectivity index (χ3v) is 7.72. The molecule has 9 heteroatoms. The number of benzene rings is 1. The summed E-state index contributed by atoms with van der Waals surface area (Å²) >= 11 is 6.75. The van der Waals surface area contributed by atoms with Crippen LogP contribution in [0.15, 0.2) is 52.3 Å². The molecule has 1 aliphatic heterocycles. The van der Waals surface area contributed by atoms with E-state index in [0.29, 0.717) is 45.8 Å². The third-order valence-electron chi connectivity index (χ3n) is 6.34. The molecule has 7 nitrogen and oxygen atoms in total. The number of amides is 1. The highest BCUT2D eigenvalue weighted by atomic mass is 32.2. The second-order valence-electron chi connectivity index (χ2n) is 8.98. The number of thiocarbonyl (C=S) groups is 1. The summed E-state index contributed by atoms with van der Waals surface area (Å²) < 4.78 is 7.24. The number of ether oxygens (including phenoxy) is 1. The van der Waals surface area contributed by atoms with Crippen molar-refractivity contribution in [3.8, 4) is 5.75 Å². The number of hydrogen-bond donors (Lipinski definition) is 1. The molecular formula is C28H32N4O3S2. The second kappa shape index (κ2) is 12.4. The molecule has 4 rings (SSSR count). The predicted molar refractivity (Wildman–Crippen MR) is 155 cm³/mol. The molecule has 0 radical (unpaired) electrons. The highest BCUT2D eigenvalue weighted by molar-refractivity contribution is 8.26. The zero-order valence-electron chi connectivity index (χ0n) is 21.5. The number of thioether (sulfide) groups is 1. The van der Waals surface area contributed by atoms with Crippen LogP contribution in [0.4, 0.5) is 5.82 Å². The van der Waals surface area contributed by atoms with Gasteiger partial charge in [-0.3, -0.25) is 18.9 Å². The zero-order chi connectivity index (χ0) is 26.4. The van der Waals surface area contributed by atoms with Crippen molar-refractivity contribution in [2.75, 3.05) is 25.5 Å². The Morgan fingerprint density at radius 3 is 2.65 bits per heavy atom. The maximum absolute atomic E-state index is 13.5. The maximum Gasteiger partial charge on any atom is 0.267 e. The van der Waals surface area contributed by atoms with Gasteiger partial charge < -0.3 is 10.1 Å². The molecule has 0 bridgehead atoms. The fourth-order valence-corrected chi connectivity index (χ4v) is 5.48. The highest BCUT2D eigenvalue weighted by Crippen LogP contribution is 2.33. The number of aryl methyl sites for hydroxylation is 1. The van der Waals surface area contributed by atoms with E-state index < -0.39 is 0 Å². The van der Waals surface area contributed by atoms with Gasteiger partial charge in [-0.05, 0) is 55.2 Å². The number of fused-ring (bicyclic) bond motifs is 1. The van der Waals surface area contributed by atoms with Gasteiger partial charge in [-0.2, -0.15) is 0 Å². The number of carbonyl (C=O) groups is 1. The average molecular weight is 537 g/mol. The van der Waals surface area contributed by atoms with Crippen LogP contribution in [0, 0.1) is 6.92 Å². The Bertz CT molecular complexity index is 1380. The van der Waals surface area contributed by atoms with Crippen LogP contribution in [0.25, 0.3) is 11.7 Å². The van der Waals surface area contributed by atoms with Crippen LogP contribution in [0.1, 0.15) is 49.3 Å². The number of methoxy groups -OCH3 is 1. The first-order chi connectivity index (χ1) is 17.9. The molecule has 3 aromatic rings. The number of unbranched alkanes of at least 4 members (excludes halogenated alkanes) is 3. The van der Waals surface area contributed by atoms with Crippen LogP contribution in [0.5, 0.6) is 5.75 Å². The smallest absolute Gasteiger partial charge is 0.267 e. The van der Waals surface area contributed by atoms with E-state index in [0.717, 1.165) is 36.1 Å². The van der Waals surface area contributed by atoms with E-state index >= 15 is 0 Å². The number of hydrogen-bond acceptors (Lipinski definition) is 7. The van der Waals surface area contributed by atoms with E-state index in [9.17, 15) is 9.59 Å². The fraction of sp³-hybridized carbons (Fsp3) is 0.357. The molecule has 1 saturated heterocycles. The van der Waals surface area contributed by atoms with E-state index in [-0.39, 0.29) is 11.5 Å². The van der Waals surface area contributed by atoms with Crippen LogP contribution in [0.2, 0.25) is 0 Å². The summed E-state index contributed by atoms with van der Waals surface area (Å²) in [4.78, 5) is 33.6. The summed E-state index contributed by atoms with van der Waals surface area (Å²) in [6.07, 6.45) is 8.42. The number of nitrogens with one attached hydrogen (secondary N) is 1. The van der Waals surface area contributed by atoms with Gasteiger partial charge in [-0.15, -0.1) is 0 Å². The van der Waals surface area contributed by atoms with Crippen LogP contribution >= 0.6 is 24.0 Å². The lowest BCUT2D eigenvalue weighted by atomic mass is 10.1. The summed E-state index contributed by atoms with van der Waals surface area (Å²) in [5.74, 6) is 1.10. The quantitative estimate of drug-likeness (QED) is 0.198. The van der Waals surface area contributed by atoms with Gasteiger partial charge in [0.2, 0.25) is 0 Å². The van der Waals surface area contributed by atoms with Gasteiger partial charge in [0, 0.05) is 19.3 Å². The summed E-state index contributed by atoms with van der Waals surface area (Å²) in [5, 5.41) is 3.35. The molecule has 1 N–H and O–H groups in total. The molecule has 1 amide bonds. The first-order valence-corrected chi connectivity index (χ1v) is 13.8. The van der Waals surface area contributed by atoms with Gasteiger partial charge in [0.1, 0.15) is 21.5 Å². The number of pyridine rings is 1. The Labute approximate surface area is 226 Å². The molecule has 0 aliphatic carbocycles. The summed E-state index contributed by atoms with van der Waals surface area (Å²) in [6.45, 7) is 5.27. The molecule has 1 aliphatic rings. The van der Waals surface area contributed by atoms with Crippen molar-refractivity contribution in [1.82, 2.24) is 14.3 Å². The van der Waals surface area contributed by atoms with Crippen molar-refractivity contribution in [1.29, 1.82) is 0 Å². The molecule has 0 saturated carbocycles. The van der Waals surface area contributed by atoms with Gasteiger partial charge in [-0.1, -0.05) is 68.4 Å². The van der Waals surface area contributed by atoms with Crippen LogP contribution in [0.3, 0.4) is 0 Å². The maximum atomic E-state index is 13.5. The monoisotopic (exact) mass is 536 g/mol. The minimum absolute atomic E-state index is 0.189. The zero-order valence-corrected chi connectivity index (χ0v) is 23.1. The average Bonchev–Trinajstić information content (AvgIpc) is 3.17. The van der Waals surface area contributed by atoms with Crippen molar-refractivity contribution in [2.24, 2.45) is 0 Å². The Morgan fingerprint density at radius 1 is 1.14 bits per heavy atom. The van der Waals surface area contributed by atoms with E-state index in [4.69, 9.17) is 21.9 Å². The Morgan fingerprint density at radius 2 is 1.92 bits per heavy atom. The SMILES string of the molecule is CCCCCCNc1nc2c(C)cccn2c(=O)c1/C=C1/SC(=S)N(CCc2ccc(OC)cc2)C1=O. The summed E-state index contributed by atoms with van der Waals surface area (Å²) in [6, 6.07) is 11.5. The molecule has 37 heavy (non-hydrogen) atoms. The molecular weight excluding hydrogens is 504 g/mol. The van der Waals surface area contributed by atoms with Crippen molar-refractivity contribution >= 4 is 51.7 Å². The normalized spacial score (nSPS) is 14.7. The predicted octanol–water partition coefficient (Wildman–Crippen LogP) is 5.45. The molecule has 2 aromatic heterocycles. The van der Waals surface area contributed by atoms with Gasteiger partial charge in [-0.25, -0.2) is 4.98 Å². The Kier molecular flexibility index (Phi) is 9.00. The molecule has 194 valence electrons. The van der Waals surface area contributed by atoms with Crippen molar-refractivity contribution in [3.63, 3.8) is 0 Å².